The summed E-state index contributed by atoms with van der Waals surface area (Å²) < 4.78 is 5.66. The molecule has 0 radical (unpaired) electrons. The Morgan fingerprint density at radius 2 is 1.67 bits per heavy atom. The van der Waals surface area contributed by atoms with Crippen LogP contribution in [0.5, 0.6) is 5.75 Å². The van der Waals surface area contributed by atoms with Crippen LogP contribution in [-0.2, 0) is 22.6 Å². The highest BCUT2D eigenvalue weighted by atomic mass is 16.5. The van der Waals surface area contributed by atoms with Crippen LogP contribution in [0.25, 0.3) is 5.57 Å². The summed E-state index contributed by atoms with van der Waals surface area (Å²) in [5.41, 5.74) is 4.03. The smallest absolute Gasteiger partial charge is 0.278 e. The normalized spacial score (nSPS) is 13.6. The zero-order valence-electron chi connectivity index (χ0n) is 18.9. The number of nitrogens with one attached hydrogen (secondary N) is 1. The summed E-state index contributed by atoms with van der Waals surface area (Å²) in [6.45, 7) is 4.92. The van der Waals surface area contributed by atoms with Crippen molar-refractivity contribution in [2.75, 3.05) is 11.9 Å². The number of aryl methyl sites for hydroxylation is 1. The summed E-state index contributed by atoms with van der Waals surface area (Å²) >= 11 is 0. The first-order chi connectivity index (χ1) is 16.1. The predicted molar refractivity (Wildman–Crippen MR) is 128 cm³/mol. The molecule has 0 saturated carbocycles. The molecule has 2 aromatic carbocycles. The average Bonchev–Trinajstić information content (AvgIpc) is 3.08. The number of pyridine rings is 1. The highest BCUT2D eigenvalue weighted by Crippen LogP contribution is 2.32. The summed E-state index contributed by atoms with van der Waals surface area (Å²) in [5, 5.41) is 3.21. The SMILES string of the molecule is CCCOc1ccc(C2=C(Nc3ccc(CC)cc3)C(=O)N(Cc3cccnc3)C2=O)cc1. The van der Waals surface area contributed by atoms with Crippen molar-refractivity contribution in [1.82, 2.24) is 9.88 Å². The van der Waals surface area contributed by atoms with E-state index < -0.39 is 0 Å². The van der Waals surface area contributed by atoms with Crippen molar-refractivity contribution < 1.29 is 14.3 Å². The molecule has 2 heterocycles. The molecule has 33 heavy (non-hydrogen) atoms. The first-order valence-electron chi connectivity index (χ1n) is 11.2. The van der Waals surface area contributed by atoms with E-state index in [1.54, 1.807) is 18.5 Å². The zero-order chi connectivity index (χ0) is 23.2. The number of rotatable bonds is 9. The van der Waals surface area contributed by atoms with Crippen LogP contribution in [0.2, 0.25) is 0 Å². The van der Waals surface area contributed by atoms with Gasteiger partial charge in [0, 0.05) is 18.1 Å². The van der Waals surface area contributed by atoms with Gasteiger partial charge in [-0.3, -0.25) is 19.5 Å². The van der Waals surface area contributed by atoms with Gasteiger partial charge in [-0.05, 0) is 59.9 Å². The van der Waals surface area contributed by atoms with Gasteiger partial charge >= 0.3 is 0 Å². The quantitative estimate of drug-likeness (QED) is 0.482. The maximum absolute atomic E-state index is 13.4. The maximum atomic E-state index is 13.4. The van der Waals surface area contributed by atoms with Gasteiger partial charge in [0.2, 0.25) is 0 Å². The maximum Gasteiger partial charge on any atom is 0.278 e. The Morgan fingerprint density at radius 3 is 2.30 bits per heavy atom. The number of imide groups is 1. The Balaban J connectivity index is 1.68. The lowest BCUT2D eigenvalue weighted by molar-refractivity contribution is -0.137. The third kappa shape index (κ3) is 4.95. The number of hydrogen-bond donors (Lipinski definition) is 1. The van der Waals surface area contributed by atoms with Crippen LogP contribution in [0.1, 0.15) is 37.0 Å². The molecule has 4 rings (SSSR count). The van der Waals surface area contributed by atoms with E-state index in [1.165, 1.54) is 10.5 Å². The van der Waals surface area contributed by atoms with Gasteiger partial charge in [-0.15, -0.1) is 0 Å². The van der Waals surface area contributed by atoms with E-state index >= 15 is 0 Å². The van der Waals surface area contributed by atoms with Gasteiger partial charge < -0.3 is 10.1 Å². The second kappa shape index (κ2) is 10.1. The fourth-order valence-corrected chi connectivity index (χ4v) is 3.68. The standard InChI is InChI=1S/C27H27N3O3/c1-3-16-33-23-13-9-21(10-14-23)24-25(29-22-11-7-19(4-2)8-12-22)27(32)30(26(24)31)18-20-6-5-15-28-17-20/h5-15,17,29H,3-4,16,18H2,1-2H3. The highest BCUT2D eigenvalue weighted by molar-refractivity contribution is 6.36. The Hall–Kier alpha value is -3.93. The van der Waals surface area contributed by atoms with Crippen molar-refractivity contribution in [2.24, 2.45) is 0 Å². The van der Waals surface area contributed by atoms with Gasteiger partial charge in [-0.1, -0.05) is 44.2 Å². The molecule has 0 saturated heterocycles. The molecule has 0 fully saturated rings. The predicted octanol–water partition coefficient (Wildman–Crippen LogP) is 4.83. The van der Waals surface area contributed by atoms with Crippen molar-refractivity contribution in [3.05, 3.63) is 95.4 Å². The van der Waals surface area contributed by atoms with Crippen LogP contribution >= 0.6 is 0 Å². The second-order valence-electron chi connectivity index (χ2n) is 7.86. The minimum absolute atomic E-state index is 0.159. The third-order valence-electron chi connectivity index (χ3n) is 5.48. The number of carbonyl (C=O) groups is 2. The number of anilines is 1. The van der Waals surface area contributed by atoms with E-state index in [0.29, 0.717) is 17.7 Å². The molecule has 0 atom stereocenters. The van der Waals surface area contributed by atoms with E-state index in [4.69, 9.17) is 4.74 Å². The summed E-state index contributed by atoms with van der Waals surface area (Å²) in [7, 11) is 0. The van der Waals surface area contributed by atoms with Gasteiger partial charge in [-0.25, -0.2) is 0 Å². The van der Waals surface area contributed by atoms with Crippen LogP contribution in [0.4, 0.5) is 5.69 Å². The van der Waals surface area contributed by atoms with Crippen molar-refractivity contribution in [1.29, 1.82) is 0 Å². The average molecular weight is 442 g/mol. The van der Waals surface area contributed by atoms with Gasteiger partial charge in [0.05, 0.1) is 18.7 Å². The third-order valence-corrected chi connectivity index (χ3v) is 5.48. The fraction of sp³-hybridized carbons (Fsp3) is 0.222. The molecule has 0 bridgehead atoms. The van der Waals surface area contributed by atoms with E-state index in [-0.39, 0.29) is 24.1 Å². The van der Waals surface area contributed by atoms with E-state index in [9.17, 15) is 9.59 Å². The first kappa shape index (κ1) is 22.3. The summed E-state index contributed by atoms with van der Waals surface area (Å²) in [6.07, 6.45) is 5.16. The van der Waals surface area contributed by atoms with Gasteiger partial charge in [0.1, 0.15) is 11.4 Å². The van der Waals surface area contributed by atoms with Gasteiger partial charge in [-0.2, -0.15) is 0 Å². The first-order valence-corrected chi connectivity index (χ1v) is 11.2. The fourth-order valence-electron chi connectivity index (χ4n) is 3.68. The van der Waals surface area contributed by atoms with Crippen LogP contribution < -0.4 is 10.1 Å². The molecule has 6 nitrogen and oxygen atoms in total. The zero-order valence-corrected chi connectivity index (χ0v) is 18.9. The van der Waals surface area contributed by atoms with E-state index in [2.05, 4.69) is 17.2 Å². The van der Waals surface area contributed by atoms with Crippen molar-refractivity contribution >= 4 is 23.1 Å². The Morgan fingerprint density at radius 1 is 0.909 bits per heavy atom. The molecule has 2 amide bonds. The summed E-state index contributed by atoms with van der Waals surface area (Å²) in [4.78, 5) is 32.2. The molecule has 168 valence electrons. The Labute approximate surface area is 193 Å². The number of carbonyl (C=O) groups excluding carboxylic acids is 2. The summed E-state index contributed by atoms with van der Waals surface area (Å²) in [6, 6.07) is 18.8. The van der Waals surface area contributed by atoms with Gasteiger partial charge in [0.25, 0.3) is 11.8 Å². The lowest BCUT2D eigenvalue weighted by atomic mass is 10.0. The van der Waals surface area contributed by atoms with Gasteiger partial charge in [0.15, 0.2) is 0 Å². The number of amides is 2. The van der Waals surface area contributed by atoms with Crippen molar-refractivity contribution in [2.45, 2.75) is 33.2 Å². The number of ether oxygens (including phenoxy) is 1. The number of hydrogen-bond acceptors (Lipinski definition) is 5. The molecule has 1 N–H and O–H groups in total. The van der Waals surface area contributed by atoms with Crippen LogP contribution in [0.15, 0.2) is 78.8 Å². The van der Waals surface area contributed by atoms with Crippen LogP contribution in [0.3, 0.4) is 0 Å². The van der Waals surface area contributed by atoms with Crippen LogP contribution in [-0.4, -0.2) is 28.3 Å². The molecule has 0 spiro atoms. The lowest BCUT2D eigenvalue weighted by Crippen LogP contribution is -2.32. The van der Waals surface area contributed by atoms with E-state index in [1.807, 2.05) is 61.5 Å². The highest BCUT2D eigenvalue weighted by Gasteiger charge is 2.39. The Bertz CT molecular complexity index is 1150. The van der Waals surface area contributed by atoms with Crippen molar-refractivity contribution in [3.8, 4) is 5.75 Å². The number of benzene rings is 2. The number of aromatic nitrogens is 1. The number of nitrogens with zero attached hydrogens (tertiary/aromatic N) is 2. The molecular formula is C27H27N3O3. The monoisotopic (exact) mass is 441 g/mol. The largest absolute Gasteiger partial charge is 0.494 e. The molecule has 0 aliphatic carbocycles. The molecule has 1 aromatic heterocycles. The molecule has 0 unspecified atom stereocenters. The second-order valence-corrected chi connectivity index (χ2v) is 7.86. The van der Waals surface area contributed by atoms with Crippen molar-refractivity contribution in [3.63, 3.8) is 0 Å². The minimum atomic E-state index is -0.357. The topological polar surface area (TPSA) is 71.5 Å². The molecule has 6 heteroatoms. The Kier molecular flexibility index (Phi) is 6.83. The lowest BCUT2D eigenvalue weighted by Gasteiger charge is -2.15. The molecular weight excluding hydrogens is 414 g/mol. The minimum Gasteiger partial charge on any atom is -0.494 e. The molecule has 3 aromatic rings. The van der Waals surface area contributed by atoms with E-state index in [0.717, 1.165) is 29.8 Å². The molecule has 1 aliphatic heterocycles. The molecule has 1 aliphatic rings. The summed E-state index contributed by atoms with van der Waals surface area (Å²) in [5.74, 6) is 0.0401. The van der Waals surface area contributed by atoms with Crippen LogP contribution in [0, 0.1) is 0 Å².